The number of methoxy groups -OCH3 is 2. The number of hydrogen-bond acceptors (Lipinski definition) is 14. The van der Waals surface area contributed by atoms with Crippen LogP contribution in [0.3, 0.4) is 0 Å². The highest BCUT2D eigenvalue weighted by atomic mass is 35.6. The lowest BCUT2D eigenvalue weighted by Crippen LogP contribution is -2.70. The Morgan fingerprint density at radius 1 is 0.625 bits per heavy atom. The number of carbonyl (C=O) groups excluding carboxylic acids is 4. The van der Waals surface area contributed by atoms with Crippen LogP contribution in [0, 0.1) is 0 Å². The smallest absolute Gasteiger partial charge is 0.338 e. The van der Waals surface area contributed by atoms with Gasteiger partial charge in [0.1, 0.15) is 30.5 Å². The highest BCUT2D eigenvalue weighted by Gasteiger charge is 2.57. The fourth-order valence-corrected chi connectivity index (χ4v) is 7.33. The molecule has 2 fully saturated rings. The predicted molar refractivity (Wildman–Crippen MR) is 231 cm³/mol. The third kappa shape index (κ3) is 13.2. The van der Waals surface area contributed by atoms with Crippen LogP contribution in [-0.4, -0.2) is 110 Å². The second kappa shape index (κ2) is 23.5. The summed E-state index contributed by atoms with van der Waals surface area (Å²) < 4.78 is 59.1. The molecule has 18 heteroatoms. The van der Waals surface area contributed by atoms with E-state index < -0.39 is 89.0 Å². The summed E-state index contributed by atoms with van der Waals surface area (Å²) in [6.45, 7) is 0.973. The monoisotopic (exact) mass is 943 g/mol. The number of rotatable bonds is 18. The summed E-state index contributed by atoms with van der Waals surface area (Å²) in [5.41, 5.74) is 2.46. The molecule has 2 saturated heterocycles. The number of nitrogens with one attached hydrogen (secondary N) is 1. The van der Waals surface area contributed by atoms with Gasteiger partial charge in [-0.3, -0.25) is 9.59 Å². The highest BCUT2D eigenvalue weighted by molar-refractivity contribution is 6.76. The Morgan fingerprint density at radius 3 is 1.67 bits per heavy atom. The highest BCUT2D eigenvalue weighted by Crippen LogP contribution is 2.36. The zero-order valence-corrected chi connectivity index (χ0v) is 37.3. The van der Waals surface area contributed by atoms with Gasteiger partial charge in [0.15, 0.2) is 30.9 Å². The van der Waals surface area contributed by atoms with Crippen molar-refractivity contribution in [2.45, 2.75) is 91.9 Å². The van der Waals surface area contributed by atoms with E-state index >= 15 is 0 Å². The maximum absolute atomic E-state index is 13.8. The molecule has 0 saturated carbocycles. The van der Waals surface area contributed by atoms with Crippen molar-refractivity contribution in [1.82, 2.24) is 5.32 Å². The molecule has 0 radical (unpaired) electrons. The molecule has 342 valence electrons. The normalized spacial score (nSPS) is 25.7. The van der Waals surface area contributed by atoms with Crippen LogP contribution in [0.5, 0.6) is 0 Å². The molecule has 0 aromatic heterocycles. The summed E-state index contributed by atoms with van der Waals surface area (Å²) in [5.74, 6) is -3.53. The van der Waals surface area contributed by atoms with Gasteiger partial charge in [0.25, 0.3) is 9.70 Å². The molecule has 0 bridgehead atoms. The van der Waals surface area contributed by atoms with E-state index in [9.17, 15) is 19.2 Å². The summed E-state index contributed by atoms with van der Waals surface area (Å²) >= 11 is 18.4. The molecular weight excluding hydrogens is 897 g/mol. The number of halogens is 3. The number of carbonyl (C=O) groups is 4. The number of ether oxygens (including phenoxy) is 10. The Labute approximate surface area is 385 Å². The van der Waals surface area contributed by atoms with Crippen molar-refractivity contribution in [3.8, 4) is 0 Å². The fourth-order valence-electron chi connectivity index (χ4n) is 7.16. The van der Waals surface area contributed by atoms with Crippen LogP contribution in [0.4, 0.5) is 0 Å². The summed E-state index contributed by atoms with van der Waals surface area (Å²) in [7, 11) is 2.44. The Bertz CT molecular complexity index is 2100. The van der Waals surface area contributed by atoms with E-state index in [0.717, 1.165) is 12.7 Å². The van der Waals surface area contributed by atoms with E-state index in [2.05, 4.69) is 5.32 Å². The number of benzene rings is 4. The van der Waals surface area contributed by atoms with E-state index in [4.69, 9.17) is 82.2 Å². The first-order valence-corrected chi connectivity index (χ1v) is 21.3. The Hall–Kier alpha value is -4.65. The third-order valence-corrected chi connectivity index (χ3v) is 10.7. The van der Waals surface area contributed by atoms with Gasteiger partial charge in [0.2, 0.25) is 0 Å². The maximum atomic E-state index is 13.8. The largest absolute Gasteiger partial charge is 0.467 e. The lowest BCUT2D eigenvalue weighted by atomic mass is 9.94. The summed E-state index contributed by atoms with van der Waals surface area (Å²) in [5, 5.41) is 2.66. The molecular formula is C46H48Cl3NO14. The van der Waals surface area contributed by atoms with Gasteiger partial charge in [-0.15, -0.1) is 0 Å². The number of esters is 3. The van der Waals surface area contributed by atoms with Crippen molar-refractivity contribution in [1.29, 1.82) is 0 Å². The molecule has 1 amide bonds. The van der Waals surface area contributed by atoms with Crippen LogP contribution in [-0.2, 0) is 81.6 Å². The van der Waals surface area contributed by atoms with Gasteiger partial charge in [-0.25, -0.2) is 9.59 Å². The number of alkyl halides is 3. The summed E-state index contributed by atoms with van der Waals surface area (Å²) in [6, 6.07) is 34.1. The van der Waals surface area contributed by atoms with Crippen LogP contribution >= 0.6 is 34.8 Å². The van der Waals surface area contributed by atoms with Gasteiger partial charge in [-0.05, 0) is 28.8 Å². The topological polar surface area (TPSA) is 173 Å². The lowest BCUT2D eigenvalue weighted by molar-refractivity contribution is -0.346. The van der Waals surface area contributed by atoms with Gasteiger partial charge in [-0.2, -0.15) is 0 Å². The zero-order chi connectivity index (χ0) is 45.6. The molecule has 2 aliphatic rings. The van der Waals surface area contributed by atoms with Crippen LogP contribution in [0.25, 0.3) is 0 Å². The molecule has 10 atom stereocenters. The lowest BCUT2D eigenvalue weighted by Gasteiger charge is -2.49. The molecule has 4 aromatic carbocycles. The van der Waals surface area contributed by atoms with Crippen molar-refractivity contribution in [2.75, 3.05) is 20.8 Å². The second-order valence-corrected chi connectivity index (χ2v) is 16.9. The minimum absolute atomic E-state index is 0.0686. The maximum Gasteiger partial charge on any atom is 0.338 e. The first-order chi connectivity index (χ1) is 30.9. The van der Waals surface area contributed by atoms with E-state index in [1.165, 1.54) is 14.0 Å². The van der Waals surface area contributed by atoms with E-state index in [1.54, 1.807) is 42.5 Å². The molecule has 2 aliphatic heterocycles. The van der Waals surface area contributed by atoms with Crippen molar-refractivity contribution in [3.05, 3.63) is 144 Å². The van der Waals surface area contributed by atoms with Crippen LogP contribution in [0.15, 0.2) is 121 Å². The minimum atomic E-state index is -2.52. The van der Waals surface area contributed by atoms with Crippen molar-refractivity contribution < 1.29 is 66.5 Å². The van der Waals surface area contributed by atoms with E-state index in [-0.39, 0.29) is 32.0 Å². The molecule has 4 aromatic rings. The Balaban J connectivity index is 1.45. The zero-order valence-electron chi connectivity index (χ0n) is 35.0. The first-order valence-electron chi connectivity index (χ1n) is 20.2. The molecule has 0 aliphatic carbocycles. The quantitative estimate of drug-likeness (QED) is 0.0695. The average molecular weight is 945 g/mol. The Morgan fingerprint density at radius 2 is 1.16 bits per heavy atom. The van der Waals surface area contributed by atoms with E-state index in [0.29, 0.717) is 11.1 Å². The van der Waals surface area contributed by atoms with E-state index in [1.807, 2.05) is 78.9 Å². The first kappa shape index (κ1) is 48.8. The van der Waals surface area contributed by atoms with Crippen LogP contribution in [0.2, 0.25) is 0 Å². The third-order valence-electron chi connectivity index (χ3n) is 10.2. The fraction of sp³-hybridized carbons (Fsp3) is 0.391. The van der Waals surface area contributed by atoms with Crippen LogP contribution < -0.4 is 5.32 Å². The molecule has 1 N–H and O–H groups in total. The molecule has 2 heterocycles. The molecule has 6 rings (SSSR count). The minimum Gasteiger partial charge on any atom is -0.467 e. The van der Waals surface area contributed by atoms with Crippen LogP contribution in [0.1, 0.15) is 34.0 Å². The van der Waals surface area contributed by atoms with Gasteiger partial charge in [0.05, 0.1) is 39.1 Å². The Kier molecular flexibility index (Phi) is 17.9. The molecule has 0 unspecified atom stereocenters. The average Bonchev–Trinajstić information content (AvgIpc) is 3.30. The molecule has 64 heavy (non-hydrogen) atoms. The van der Waals surface area contributed by atoms with Crippen molar-refractivity contribution in [3.63, 3.8) is 0 Å². The predicted octanol–water partition coefficient (Wildman–Crippen LogP) is 6.04. The summed E-state index contributed by atoms with van der Waals surface area (Å²) in [4.78, 5) is 54.0. The molecule has 15 nitrogen and oxygen atoms in total. The standard InChI is InChI=1S/C46H48Cl3NO14/c1-28(51)60-35-33(27-57-24-29-16-8-4-9-17-29)61-43(34(50-45(54)46(47,48)49)36(35)58-25-30-18-10-5-11-19-30)63-38-37(59-26-31-20-12-6-13-21-31)40(44(56-3)64-39(38)42(53)55-2)62-41(52)32-22-14-7-15-23-32/h4-23,33-40,43-44H,24-27H2,1-3H3,(H,50,54)/t33-,34-,35+,36-,37+,38+,39-,40-,43+,44-/m1/s1. The SMILES string of the molecule is COC(=O)[C@@H]1O[C@@H](OC)[C@H](OC(=O)c2ccccc2)[C@@H](OCc2ccccc2)[C@@H]1O[C@@H]1O[C@H](COCc2ccccc2)[C@H](OC(C)=O)[C@H](OCc2ccccc2)[C@H]1NC(=O)C(Cl)(Cl)Cl. The summed E-state index contributed by atoms with van der Waals surface area (Å²) in [6.07, 6.45) is -12.8. The van der Waals surface area contributed by atoms with Crippen molar-refractivity contribution in [2.24, 2.45) is 0 Å². The van der Waals surface area contributed by atoms with Gasteiger partial charge < -0.3 is 52.7 Å². The van der Waals surface area contributed by atoms with Gasteiger partial charge >= 0.3 is 17.9 Å². The van der Waals surface area contributed by atoms with Crippen molar-refractivity contribution >= 4 is 58.6 Å². The second-order valence-electron chi connectivity index (χ2n) is 14.7. The molecule has 0 spiro atoms. The number of hydrogen-bond donors (Lipinski definition) is 1. The van der Waals surface area contributed by atoms with Gasteiger partial charge in [0, 0.05) is 14.0 Å². The van der Waals surface area contributed by atoms with Gasteiger partial charge in [-0.1, -0.05) is 144 Å². The number of amides is 1.